The van der Waals surface area contributed by atoms with E-state index >= 15 is 0 Å². The van der Waals surface area contributed by atoms with Crippen molar-refractivity contribution in [1.82, 2.24) is 15.0 Å². The normalized spacial score (nSPS) is 12.2. The second kappa shape index (κ2) is 5.03. The third kappa shape index (κ3) is 2.10. The summed E-state index contributed by atoms with van der Waals surface area (Å²) in [5.74, 6) is 2.26. The molecule has 0 spiro atoms. The number of aromatic nitrogens is 3. The van der Waals surface area contributed by atoms with Gasteiger partial charge in [-0.3, -0.25) is 4.98 Å². The van der Waals surface area contributed by atoms with Gasteiger partial charge >= 0.3 is 0 Å². The topological polar surface area (TPSA) is 50.8 Å². The maximum atomic E-state index is 6.07. The second-order valence-corrected chi connectivity index (χ2v) is 5.67. The van der Waals surface area contributed by atoms with Crippen molar-refractivity contribution in [2.45, 2.75) is 13.3 Å². The van der Waals surface area contributed by atoms with Crippen molar-refractivity contribution >= 4 is 12.2 Å². The smallest absolute Gasteiger partial charge is 0.205 e. The van der Waals surface area contributed by atoms with Gasteiger partial charge in [-0.25, -0.2) is 4.98 Å². The van der Waals surface area contributed by atoms with Gasteiger partial charge in [-0.05, 0) is 30.2 Å². The lowest BCUT2D eigenvalue weighted by Crippen LogP contribution is -2.08. The number of hydrogen-bond acceptors (Lipinski definition) is 4. The van der Waals surface area contributed by atoms with Crippen LogP contribution in [0.15, 0.2) is 42.7 Å². The molecule has 108 valence electrons. The summed E-state index contributed by atoms with van der Waals surface area (Å²) < 4.78 is 6.64. The molecule has 4 nitrogen and oxygen atoms in total. The Morgan fingerprint density at radius 3 is 2.95 bits per heavy atom. The molecule has 0 radical (unpaired) electrons. The van der Waals surface area contributed by atoms with Crippen LogP contribution in [0.4, 0.5) is 0 Å². The Labute approximate surface area is 132 Å². The third-order valence-corrected chi connectivity index (χ3v) is 4.11. The highest BCUT2D eigenvalue weighted by Gasteiger charge is 2.21. The highest BCUT2D eigenvalue weighted by Crippen LogP contribution is 2.38. The Bertz CT molecular complexity index is 919. The van der Waals surface area contributed by atoms with Crippen molar-refractivity contribution < 1.29 is 4.74 Å². The minimum atomic E-state index is 0.569. The van der Waals surface area contributed by atoms with E-state index < -0.39 is 0 Å². The summed E-state index contributed by atoms with van der Waals surface area (Å²) in [4.78, 5) is 11.9. The Hall–Kier alpha value is -2.53. The molecule has 2 aromatic heterocycles. The minimum Gasteiger partial charge on any atom is -0.440 e. The summed E-state index contributed by atoms with van der Waals surface area (Å²) in [5.41, 5.74) is 4.07. The van der Waals surface area contributed by atoms with E-state index in [1.54, 1.807) is 12.4 Å². The van der Waals surface area contributed by atoms with E-state index in [2.05, 4.69) is 21.0 Å². The van der Waals surface area contributed by atoms with Crippen molar-refractivity contribution in [1.29, 1.82) is 0 Å². The monoisotopic (exact) mass is 307 g/mol. The van der Waals surface area contributed by atoms with Crippen LogP contribution in [0, 0.1) is 11.6 Å². The molecular formula is C17H13N3OS. The molecule has 4 rings (SSSR count). The number of aromatic amines is 1. The highest BCUT2D eigenvalue weighted by atomic mass is 32.1. The van der Waals surface area contributed by atoms with Crippen LogP contribution < -0.4 is 4.74 Å². The van der Waals surface area contributed by atoms with E-state index in [-0.39, 0.29) is 0 Å². The van der Waals surface area contributed by atoms with Crippen LogP contribution in [-0.2, 0) is 6.42 Å². The molecule has 3 heterocycles. The zero-order valence-electron chi connectivity index (χ0n) is 12.0. The number of hydrogen-bond donors (Lipinski definition) is 1. The summed E-state index contributed by atoms with van der Waals surface area (Å²) in [6, 6.07) is 9.95. The van der Waals surface area contributed by atoms with Crippen LogP contribution in [0.3, 0.4) is 0 Å². The van der Waals surface area contributed by atoms with Gasteiger partial charge < -0.3 is 9.72 Å². The fraction of sp³-hybridized carbons (Fsp3) is 0.118. The summed E-state index contributed by atoms with van der Waals surface area (Å²) in [6.07, 6.45) is 4.22. The second-order valence-electron chi connectivity index (χ2n) is 5.28. The number of para-hydroxylation sites is 1. The molecule has 5 heteroatoms. The van der Waals surface area contributed by atoms with Crippen LogP contribution in [0.5, 0.6) is 11.6 Å². The quantitative estimate of drug-likeness (QED) is 0.535. The van der Waals surface area contributed by atoms with E-state index in [1.165, 1.54) is 0 Å². The lowest BCUT2D eigenvalue weighted by molar-refractivity contribution is 0.435. The average Bonchev–Trinajstić information content (AvgIpc) is 2.55. The number of pyridine rings is 1. The Balaban J connectivity index is 1.86. The molecule has 1 aliphatic heterocycles. The maximum Gasteiger partial charge on any atom is 0.205 e. The summed E-state index contributed by atoms with van der Waals surface area (Å²) in [5, 5.41) is 0. The number of benzene rings is 1. The number of H-pyrrole nitrogens is 1. The van der Waals surface area contributed by atoms with E-state index in [9.17, 15) is 0 Å². The van der Waals surface area contributed by atoms with Crippen molar-refractivity contribution in [2.75, 3.05) is 0 Å². The Morgan fingerprint density at radius 2 is 2.14 bits per heavy atom. The van der Waals surface area contributed by atoms with Crippen LogP contribution in [0.2, 0.25) is 0 Å². The number of aryl methyl sites for hydroxylation is 1. The molecule has 22 heavy (non-hydrogen) atoms. The summed E-state index contributed by atoms with van der Waals surface area (Å²) in [6.45, 7) is 2.04. The van der Waals surface area contributed by atoms with Gasteiger partial charge in [-0.1, -0.05) is 30.4 Å². The SMILES string of the molecule is Cc1cccc2c1Oc1[nH]c(-c3cccnc3)nc(=S)c1C2. The van der Waals surface area contributed by atoms with Crippen LogP contribution in [-0.4, -0.2) is 15.0 Å². The molecule has 3 aromatic rings. The predicted molar refractivity (Wildman–Crippen MR) is 86.7 cm³/mol. The molecule has 0 fully saturated rings. The standard InChI is InChI=1S/C17H13N3OS/c1-10-4-2-5-11-8-13-16(21-14(10)11)19-15(20-17(13)22)12-6-3-7-18-9-12/h2-7,9H,8H2,1H3,(H,19,20,22). The first-order chi connectivity index (χ1) is 10.7. The first-order valence-electron chi connectivity index (χ1n) is 7.02. The van der Waals surface area contributed by atoms with Gasteiger partial charge in [0.05, 0.1) is 5.56 Å². The van der Waals surface area contributed by atoms with Crippen LogP contribution in [0.1, 0.15) is 16.7 Å². The number of rotatable bonds is 1. The maximum absolute atomic E-state index is 6.07. The first kappa shape index (κ1) is 13.2. The number of ether oxygens (including phenoxy) is 1. The first-order valence-corrected chi connectivity index (χ1v) is 7.43. The molecule has 1 N–H and O–H groups in total. The lowest BCUT2D eigenvalue weighted by atomic mass is 10.0. The molecule has 0 unspecified atom stereocenters. The van der Waals surface area contributed by atoms with Gasteiger partial charge in [-0.15, -0.1) is 0 Å². The Kier molecular flexibility index (Phi) is 3.01. The molecular weight excluding hydrogens is 294 g/mol. The third-order valence-electron chi connectivity index (χ3n) is 3.78. The van der Waals surface area contributed by atoms with Gasteiger partial charge in [0.1, 0.15) is 16.2 Å². The number of nitrogens with one attached hydrogen (secondary N) is 1. The van der Waals surface area contributed by atoms with Gasteiger partial charge in [0.2, 0.25) is 5.88 Å². The number of fused-ring (bicyclic) bond motifs is 2. The summed E-state index contributed by atoms with van der Waals surface area (Å²) in [7, 11) is 0. The summed E-state index contributed by atoms with van der Waals surface area (Å²) >= 11 is 5.46. The molecule has 1 aromatic carbocycles. The van der Waals surface area contributed by atoms with Crippen molar-refractivity contribution in [3.63, 3.8) is 0 Å². The average molecular weight is 307 g/mol. The van der Waals surface area contributed by atoms with Gasteiger partial charge in [0.15, 0.2) is 0 Å². The zero-order chi connectivity index (χ0) is 15.1. The van der Waals surface area contributed by atoms with Crippen LogP contribution in [0.25, 0.3) is 11.4 Å². The molecule has 0 saturated carbocycles. The zero-order valence-corrected chi connectivity index (χ0v) is 12.8. The van der Waals surface area contributed by atoms with Crippen molar-refractivity contribution in [2.24, 2.45) is 0 Å². The van der Waals surface area contributed by atoms with E-state index in [0.29, 0.717) is 16.3 Å². The molecule has 0 amide bonds. The van der Waals surface area contributed by atoms with Crippen molar-refractivity contribution in [3.05, 3.63) is 64.1 Å². The molecule has 0 atom stereocenters. The van der Waals surface area contributed by atoms with Gasteiger partial charge in [0.25, 0.3) is 0 Å². The predicted octanol–water partition coefficient (Wildman–Crippen LogP) is 4.21. The van der Waals surface area contributed by atoms with E-state index in [4.69, 9.17) is 17.0 Å². The molecule has 1 aliphatic rings. The van der Waals surface area contributed by atoms with Gasteiger partial charge in [0, 0.05) is 24.4 Å². The molecule has 0 saturated heterocycles. The largest absolute Gasteiger partial charge is 0.440 e. The Morgan fingerprint density at radius 1 is 1.23 bits per heavy atom. The van der Waals surface area contributed by atoms with E-state index in [1.807, 2.05) is 31.2 Å². The minimum absolute atomic E-state index is 0.569. The lowest BCUT2D eigenvalue weighted by Gasteiger charge is -2.21. The van der Waals surface area contributed by atoms with Crippen LogP contribution >= 0.6 is 12.2 Å². The fourth-order valence-corrected chi connectivity index (χ4v) is 2.91. The number of nitrogens with zero attached hydrogens (tertiary/aromatic N) is 2. The van der Waals surface area contributed by atoms with Crippen molar-refractivity contribution in [3.8, 4) is 23.0 Å². The molecule has 0 bridgehead atoms. The molecule has 0 aliphatic carbocycles. The van der Waals surface area contributed by atoms with Gasteiger partial charge in [-0.2, -0.15) is 0 Å². The highest BCUT2D eigenvalue weighted by molar-refractivity contribution is 7.71. The fourth-order valence-electron chi connectivity index (χ4n) is 2.65. The van der Waals surface area contributed by atoms with E-state index in [0.717, 1.165) is 34.4 Å².